The first kappa shape index (κ1) is 11.0. The van der Waals surface area contributed by atoms with Gasteiger partial charge in [-0.05, 0) is 37.0 Å². The van der Waals surface area contributed by atoms with E-state index in [0.717, 1.165) is 0 Å². The Morgan fingerprint density at radius 3 is 2.20 bits per heavy atom. The lowest BCUT2D eigenvalue weighted by atomic mass is 9.63. The van der Waals surface area contributed by atoms with Crippen LogP contribution >= 0.6 is 0 Å². The fraction of sp³-hybridized carbons (Fsp3) is 0.923. The van der Waals surface area contributed by atoms with Crippen LogP contribution in [0.5, 0.6) is 0 Å². The van der Waals surface area contributed by atoms with E-state index in [1.165, 1.54) is 57.8 Å². The molecule has 0 atom stereocenters. The first-order chi connectivity index (χ1) is 7.23. The zero-order valence-electron chi connectivity index (χ0n) is 9.50. The van der Waals surface area contributed by atoms with E-state index >= 15 is 0 Å². The predicted octanol–water partition coefficient (Wildman–Crippen LogP) is 3.60. The van der Waals surface area contributed by atoms with Crippen molar-refractivity contribution in [3.8, 4) is 0 Å². The molecule has 0 bridgehead atoms. The minimum Gasteiger partial charge on any atom is -0.481 e. The second-order valence-electron chi connectivity index (χ2n) is 5.47. The van der Waals surface area contributed by atoms with Crippen molar-refractivity contribution >= 4 is 5.97 Å². The average molecular weight is 210 g/mol. The lowest BCUT2D eigenvalue weighted by Crippen LogP contribution is -2.34. The van der Waals surface area contributed by atoms with Gasteiger partial charge in [0.25, 0.3) is 0 Å². The molecule has 86 valence electrons. The summed E-state index contributed by atoms with van der Waals surface area (Å²) in [5.74, 6) is 0.137. The van der Waals surface area contributed by atoms with Gasteiger partial charge in [-0.1, -0.05) is 32.1 Å². The number of carbonyl (C=O) groups is 1. The van der Waals surface area contributed by atoms with Crippen LogP contribution in [0.25, 0.3) is 0 Å². The van der Waals surface area contributed by atoms with Gasteiger partial charge in [0.15, 0.2) is 0 Å². The third-order valence-electron chi connectivity index (χ3n) is 4.57. The van der Waals surface area contributed by atoms with Gasteiger partial charge in [0.05, 0.1) is 6.42 Å². The minimum absolute atomic E-state index is 0.181. The van der Waals surface area contributed by atoms with Gasteiger partial charge in [-0.2, -0.15) is 0 Å². The van der Waals surface area contributed by atoms with E-state index in [9.17, 15) is 4.79 Å². The summed E-state index contributed by atoms with van der Waals surface area (Å²) >= 11 is 0. The lowest BCUT2D eigenvalue weighted by Gasteiger charge is -2.41. The SMILES string of the molecule is O=C(O)CC1(C2CCCC2)CCCCC1. The molecule has 0 amide bonds. The molecule has 0 aliphatic heterocycles. The van der Waals surface area contributed by atoms with E-state index in [1.807, 2.05) is 0 Å². The van der Waals surface area contributed by atoms with Crippen molar-refractivity contribution in [3.63, 3.8) is 0 Å². The highest BCUT2D eigenvalue weighted by Crippen LogP contribution is 2.51. The molecule has 2 aliphatic carbocycles. The Balaban J connectivity index is 2.08. The molecule has 2 fully saturated rings. The Bertz CT molecular complexity index is 223. The van der Waals surface area contributed by atoms with Crippen LogP contribution in [-0.2, 0) is 4.79 Å². The molecule has 15 heavy (non-hydrogen) atoms. The zero-order chi connectivity index (χ0) is 10.7. The Labute approximate surface area is 92.1 Å². The van der Waals surface area contributed by atoms with Crippen molar-refractivity contribution in [1.29, 1.82) is 0 Å². The van der Waals surface area contributed by atoms with E-state index in [2.05, 4.69) is 0 Å². The maximum Gasteiger partial charge on any atom is 0.303 e. The van der Waals surface area contributed by atoms with E-state index in [1.54, 1.807) is 0 Å². The Morgan fingerprint density at radius 2 is 1.67 bits per heavy atom. The predicted molar refractivity (Wildman–Crippen MR) is 59.7 cm³/mol. The first-order valence-electron chi connectivity index (χ1n) is 6.45. The number of aliphatic carboxylic acids is 1. The van der Waals surface area contributed by atoms with Gasteiger partial charge in [-0.25, -0.2) is 0 Å². The normalized spacial score (nSPS) is 26.7. The van der Waals surface area contributed by atoms with E-state index < -0.39 is 5.97 Å². The molecule has 0 aromatic heterocycles. The maximum atomic E-state index is 11.0. The summed E-state index contributed by atoms with van der Waals surface area (Å²) in [6.45, 7) is 0. The number of carboxylic acid groups (broad SMARTS) is 1. The molecule has 0 radical (unpaired) electrons. The second-order valence-corrected chi connectivity index (χ2v) is 5.47. The molecule has 0 spiro atoms. The average Bonchev–Trinajstić information content (AvgIpc) is 2.71. The van der Waals surface area contributed by atoms with Crippen molar-refractivity contribution in [2.75, 3.05) is 0 Å². The van der Waals surface area contributed by atoms with Crippen LogP contribution in [0.1, 0.15) is 64.2 Å². The van der Waals surface area contributed by atoms with Crippen LogP contribution in [0.3, 0.4) is 0 Å². The Hall–Kier alpha value is -0.530. The van der Waals surface area contributed by atoms with Gasteiger partial charge in [0.2, 0.25) is 0 Å². The molecule has 2 saturated carbocycles. The maximum absolute atomic E-state index is 11.0. The van der Waals surface area contributed by atoms with Gasteiger partial charge >= 0.3 is 5.97 Å². The van der Waals surface area contributed by atoms with Crippen molar-refractivity contribution < 1.29 is 9.90 Å². The van der Waals surface area contributed by atoms with Crippen molar-refractivity contribution in [2.24, 2.45) is 11.3 Å². The number of rotatable bonds is 3. The first-order valence-corrected chi connectivity index (χ1v) is 6.45. The third kappa shape index (κ3) is 2.35. The Morgan fingerprint density at radius 1 is 1.07 bits per heavy atom. The molecule has 2 rings (SSSR count). The molecular weight excluding hydrogens is 188 g/mol. The molecule has 0 aromatic rings. The molecular formula is C13H22O2. The summed E-state index contributed by atoms with van der Waals surface area (Å²) < 4.78 is 0. The van der Waals surface area contributed by atoms with E-state index in [-0.39, 0.29) is 5.41 Å². The van der Waals surface area contributed by atoms with Crippen LogP contribution in [-0.4, -0.2) is 11.1 Å². The summed E-state index contributed by atoms with van der Waals surface area (Å²) in [5.41, 5.74) is 0.181. The molecule has 0 saturated heterocycles. The highest BCUT2D eigenvalue weighted by molar-refractivity contribution is 5.67. The van der Waals surface area contributed by atoms with Crippen LogP contribution in [0.2, 0.25) is 0 Å². The number of hydrogen-bond donors (Lipinski definition) is 1. The highest BCUT2D eigenvalue weighted by Gasteiger charge is 2.42. The van der Waals surface area contributed by atoms with Gasteiger partial charge in [0.1, 0.15) is 0 Å². The fourth-order valence-electron chi connectivity index (χ4n) is 3.82. The standard InChI is InChI=1S/C13H22O2/c14-12(15)10-13(8-4-1-5-9-13)11-6-2-3-7-11/h11H,1-10H2,(H,14,15). The molecule has 2 heteroatoms. The molecule has 0 unspecified atom stereocenters. The van der Waals surface area contributed by atoms with E-state index in [4.69, 9.17) is 5.11 Å². The quantitative estimate of drug-likeness (QED) is 0.772. The van der Waals surface area contributed by atoms with Crippen molar-refractivity contribution in [2.45, 2.75) is 64.2 Å². The van der Waals surface area contributed by atoms with Crippen molar-refractivity contribution in [1.82, 2.24) is 0 Å². The summed E-state index contributed by atoms with van der Waals surface area (Å²) in [6, 6.07) is 0. The molecule has 2 aliphatic rings. The third-order valence-corrected chi connectivity index (χ3v) is 4.57. The number of carboxylic acids is 1. The van der Waals surface area contributed by atoms with Gasteiger partial charge < -0.3 is 5.11 Å². The van der Waals surface area contributed by atoms with Gasteiger partial charge in [-0.15, -0.1) is 0 Å². The summed E-state index contributed by atoms with van der Waals surface area (Å²) in [4.78, 5) is 11.0. The summed E-state index contributed by atoms with van der Waals surface area (Å²) in [6.07, 6.45) is 11.8. The topological polar surface area (TPSA) is 37.3 Å². The molecule has 0 heterocycles. The molecule has 1 N–H and O–H groups in total. The fourth-order valence-corrected chi connectivity index (χ4v) is 3.82. The minimum atomic E-state index is -0.580. The Kier molecular flexibility index (Phi) is 3.32. The zero-order valence-corrected chi connectivity index (χ0v) is 9.50. The number of hydrogen-bond acceptors (Lipinski definition) is 1. The largest absolute Gasteiger partial charge is 0.481 e. The van der Waals surface area contributed by atoms with Gasteiger partial charge in [0, 0.05) is 0 Å². The van der Waals surface area contributed by atoms with E-state index in [0.29, 0.717) is 12.3 Å². The smallest absolute Gasteiger partial charge is 0.303 e. The second kappa shape index (κ2) is 4.54. The lowest BCUT2D eigenvalue weighted by molar-refractivity contribution is -0.141. The van der Waals surface area contributed by atoms with Crippen molar-refractivity contribution in [3.05, 3.63) is 0 Å². The molecule has 2 nitrogen and oxygen atoms in total. The van der Waals surface area contributed by atoms with Crippen LogP contribution < -0.4 is 0 Å². The van der Waals surface area contributed by atoms with Gasteiger partial charge in [-0.3, -0.25) is 4.79 Å². The highest BCUT2D eigenvalue weighted by atomic mass is 16.4. The van der Waals surface area contributed by atoms with Crippen LogP contribution in [0.4, 0.5) is 0 Å². The summed E-state index contributed by atoms with van der Waals surface area (Å²) in [5, 5.41) is 9.09. The molecule has 0 aromatic carbocycles. The van der Waals surface area contributed by atoms with Crippen LogP contribution in [0, 0.1) is 11.3 Å². The monoisotopic (exact) mass is 210 g/mol. The summed E-state index contributed by atoms with van der Waals surface area (Å²) in [7, 11) is 0. The van der Waals surface area contributed by atoms with Crippen LogP contribution in [0.15, 0.2) is 0 Å².